The summed E-state index contributed by atoms with van der Waals surface area (Å²) in [6, 6.07) is 12.8. The third-order valence-corrected chi connectivity index (χ3v) is 4.43. The van der Waals surface area contributed by atoms with Gasteiger partial charge >= 0.3 is 0 Å². The van der Waals surface area contributed by atoms with Crippen LogP contribution in [0.4, 0.5) is 5.69 Å². The van der Waals surface area contributed by atoms with E-state index in [1.54, 1.807) is 62.2 Å². The Bertz CT molecular complexity index is 1080. The van der Waals surface area contributed by atoms with Crippen LogP contribution in [0.15, 0.2) is 54.9 Å². The second kappa shape index (κ2) is 9.73. The maximum Gasteiger partial charge on any atom is 0.282 e. The number of nitrogens with one attached hydrogen (secondary N) is 2. The Morgan fingerprint density at radius 1 is 1.06 bits per heavy atom. The molecule has 0 atom stereocenters. The number of aromatic nitrogens is 2. The first kappa shape index (κ1) is 21.8. The van der Waals surface area contributed by atoms with Gasteiger partial charge < -0.3 is 14.6 Å². The molecule has 0 aliphatic rings. The molecule has 31 heavy (non-hydrogen) atoms. The van der Waals surface area contributed by atoms with Gasteiger partial charge in [-0.3, -0.25) is 20.0 Å². The van der Waals surface area contributed by atoms with Gasteiger partial charge in [-0.1, -0.05) is 18.2 Å². The average Bonchev–Trinajstić information content (AvgIpc) is 3.12. The van der Waals surface area contributed by atoms with E-state index < -0.39 is 0 Å². The average molecular weight is 419 g/mol. The van der Waals surface area contributed by atoms with E-state index in [1.807, 2.05) is 36.4 Å². The quantitative estimate of drug-likeness (QED) is 0.575. The van der Waals surface area contributed by atoms with Gasteiger partial charge in [0.2, 0.25) is 0 Å². The number of amides is 2. The van der Waals surface area contributed by atoms with Crippen molar-refractivity contribution < 1.29 is 14.3 Å². The Balaban J connectivity index is 1.64. The standard InChI is InChI=1S/C23H25N5O3/c1-27(2)26-23(30)21-13-19(15-28(21)3)25-22(29)17-8-10-18(24-14-17)9-5-16-6-11-20(31-4)12-7-16/h5-15H,1-4H3,(H,25,29)(H,26,30)/b9-5+. The molecule has 3 aromatic rings. The van der Waals surface area contributed by atoms with E-state index in [4.69, 9.17) is 4.74 Å². The summed E-state index contributed by atoms with van der Waals surface area (Å²) in [5.41, 5.74) is 5.80. The number of ether oxygens (including phenoxy) is 1. The third-order valence-electron chi connectivity index (χ3n) is 4.43. The van der Waals surface area contributed by atoms with Crippen LogP contribution in [0.2, 0.25) is 0 Å². The van der Waals surface area contributed by atoms with E-state index >= 15 is 0 Å². The number of benzene rings is 1. The van der Waals surface area contributed by atoms with Crippen molar-refractivity contribution in [1.29, 1.82) is 0 Å². The number of methoxy groups -OCH3 is 1. The van der Waals surface area contributed by atoms with Gasteiger partial charge in [-0.05, 0) is 42.0 Å². The highest BCUT2D eigenvalue weighted by Crippen LogP contribution is 2.16. The number of carbonyl (C=O) groups excluding carboxylic acids is 2. The van der Waals surface area contributed by atoms with Gasteiger partial charge in [0.1, 0.15) is 11.4 Å². The fraction of sp³-hybridized carbons (Fsp3) is 0.174. The van der Waals surface area contributed by atoms with Gasteiger partial charge in [0.25, 0.3) is 11.8 Å². The summed E-state index contributed by atoms with van der Waals surface area (Å²) in [5.74, 6) is 0.237. The van der Waals surface area contributed by atoms with Crippen molar-refractivity contribution >= 4 is 29.7 Å². The van der Waals surface area contributed by atoms with Crippen LogP contribution in [0.5, 0.6) is 5.75 Å². The summed E-state index contributed by atoms with van der Waals surface area (Å²) in [5, 5.41) is 4.35. The Kier molecular flexibility index (Phi) is 6.84. The van der Waals surface area contributed by atoms with Crippen molar-refractivity contribution in [3.8, 4) is 5.75 Å². The SMILES string of the molecule is COc1ccc(/C=C/c2ccc(C(=O)Nc3cc(C(=O)NN(C)C)n(C)c3)cn2)cc1. The molecule has 1 aromatic carbocycles. The predicted octanol–water partition coefficient (Wildman–Crippen LogP) is 3.06. The number of aryl methyl sites for hydroxylation is 1. The second-order valence-electron chi connectivity index (χ2n) is 7.09. The van der Waals surface area contributed by atoms with Crippen molar-refractivity contribution in [1.82, 2.24) is 20.0 Å². The van der Waals surface area contributed by atoms with Crippen LogP contribution in [0.25, 0.3) is 12.2 Å². The number of hydrogen-bond acceptors (Lipinski definition) is 5. The molecule has 2 heterocycles. The van der Waals surface area contributed by atoms with Gasteiger partial charge in [0.15, 0.2) is 0 Å². The molecule has 0 unspecified atom stereocenters. The normalized spacial score (nSPS) is 11.0. The molecule has 8 nitrogen and oxygen atoms in total. The Morgan fingerprint density at radius 2 is 1.81 bits per heavy atom. The van der Waals surface area contributed by atoms with E-state index in [9.17, 15) is 9.59 Å². The van der Waals surface area contributed by atoms with Crippen molar-refractivity contribution in [3.63, 3.8) is 0 Å². The third kappa shape index (κ3) is 5.80. The predicted molar refractivity (Wildman–Crippen MR) is 121 cm³/mol. The minimum absolute atomic E-state index is 0.261. The van der Waals surface area contributed by atoms with Crippen LogP contribution in [0.3, 0.4) is 0 Å². The molecule has 0 saturated heterocycles. The lowest BCUT2D eigenvalue weighted by Crippen LogP contribution is -2.36. The van der Waals surface area contributed by atoms with Crippen molar-refractivity contribution in [2.45, 2.75) is 0 Å². The molecule has 0 aliphatic carbocycles. The Morgan fingerprint density at radius 3 is 2.42 bits per heavy atom. The molecule has 3 rings (SSSR count). The van der Waals surface area contributed by atoms with Gasteiger partial charge in [0.05, 0.1) is 24.1 Å². The van der Waals surface area contributed by atoms with Crippen LogP contribution in [-0.2, 0) is 7.05 Å². The van der Waals surface area contributed by atoms with Gasteiger partial charge in [-0.15, -0.1) is 0 Å². The second-order valence-corrected chi connectivity index (χ2v) is 7.09. The fourth-order valence-electron chi connectivity index (χ4n) is 2.86. The highest BCUT2D eigenvalue weighted by atomic mass is 16.5. The molecule has 2 amide bonds. The van der Waals surface area contributed by atoms with Crippen LogP contribution < -0.4 is 15.5 Å². The molecule has 0 spiro atoms. The summed E-state index contributed by atoms with van der Waals surface area (Å²) >= 11 is 0. The minimum atomic E-state index is -0.302. The molecule has 2 N–H and O–H groups in total. The first-order chi connectivity index (χ1) is 14.9. The first-order valence-electron chi connectivity index (χ1n) is 9.60. The van der Waals surface area contributed by atoms with E-state index in [0.717, 1.165) is 17.0 Å². The molecule has 0 bridgehead atoms. The van der Waals surface area contributed by atoms with E-state index in [-0.39, 0.29) is 11.8 Å². The molecule has 0 radical (unpaired) electrons. The monoisotopic (exact) mass is 419 g/mol. The maximum atomic E-state index is 12.5. The Labute approximate surface area is 181 Å². The molecule has 0 saturated carbocycles. The van der Waals surface area contributed by atoms with Gasteiger partial charge in [0, 0.05) is 33.5 Å². The zero-order valence-electron chi connectivity index (χ0n) is 17.9. The van der Waals surface area contributed by atoms with Crippen LogP contribution in [0.1, 0.15) is 32.1 Å². The zero-order chi connectivity index (χ0) is 22.4. The smallest absolute Gasteiger partial charge is 0.282 e. The number of carbonyl (C=O) groups is 2. The molecule has 0 aliphatic heterocycles. The van der Waals surface area contributed by atoms with Crippen molar-refractivity contribution in [3.05, 3.63) is 77.4 Å². The van der Waals surface area contributed by atoms with Crippen LogP contribution in [-0.4, -0.2) is 47.6 Å². The first-order valence-corrected chi connectivity index (χ1v) is 9.60. The summed E-state index contributed by atoms with van der Waals surface area (Å²) < 4.78 is 6.80. The molecular weight excluding hydrogens is 394 g/mol. The summed E-state index contributed by atoms with van der Waals surface area (Å²) in [7, 11) is 6.83. The van der Waals surface area contributed by atoms with Crippen molar-refractivity contribution in [2.75, 3.05) is 26.5 Å². The lowest BCUT2D eigenvalue weighted by Gasteiger charge is -2.11. The topological polar surface area (TPSA) is 88.5 Å². The molecule has 160 valence electrons. The molecule has 8 heteroatoms. The lowest BCUT2D eigenvalue weighted by molar-refractivity contribution is 0.0847. The van der Waals surface area contributed by atoms with Crippen molar-refractivity contribution in [2.24, 2.45) is 7.05 Å². The number of hydrogen-bond donors (Lipinski definition) is 2. The molecular formula is C23H25N5O3. The minimum Gasteiger partial charge on any atom is -0.497 e. The van der Waals surface area contributed by atoms with Crippen LogP contribution >= 0.6 is 0 Å². The highest BCUT2D eigenvalue weighted by molar-refractivity contribution is 6.05. The summed E-state index contributed by atoms with van der Waals surface area (Å²) in [6.07, 6.45) is 7.01. The van der Waals surface area contributed by atoms with Gasteiger partial charge in [-0.25, -0.2) is 5.01 Å². The Hall–Kier alpha value is -3.91. The van der Waals surface area contributed by atoms with E-state index in [1.165, 1.54) is 6.20 Å². The lowest BCUT2D eigenvalue weighted by atomic mass is 10.1. The largest absolute Gasteiger partial charge is 0.497 e. The number of hydrazine groups is 1. The van der Waals surface area contributed by atoms with E-state index in [2.05, 4.69) is 15.7 Å². The number of rotatable bonds is 7. The van der Waals surface area contributed by atoms with Gasteiger partial charge in [-0.2, -0.15) is 0 Å². The number of pyridine rings is 1. The zero-order valence-corrected chi connectivity index (χ0v) is 17.9. The molecule has 2 aromatic heterocycles. The highest BCUT2D eigenvalue weighted by Gasteiger charge is 2.14. The maximum absolute atomic E-state index is 12.5. The molecule has 0 fully saturated rings. The number of anilines is 1. The summed E-state index contributed by atoms with van der Waals surface area (Å²) in [4.78, 5) is 29.0. The van der Waals surface area contributed by atoms with E-state index in [0.29, 0.717) is 16.9 Å². The number of nitrogens with zero attached hydrogens (tertiary/aromatic N) is 3. The summed E-state index contributed by atoms with van der Waals surface area (Å²) in [6.45, 7) is 0. The van der Waals surface area contributed by atoms with Crippen LogP contribution in [0, 0.1) is 0 Å². The fourth-order valence-corrected chi connectivity index (χ4v) is 2.86.